The van der Waals surface area contributed by atoms with Crippen molar-refractivity contribution < 1.29 is 13.9 Å². The summed E-state index contributed by atoms with van der Waals surface area (Å²) in [4.78, 5) is 27.4. The average Bonchev–Trinajstić information content (AvgIpc) is 2.82. The molecule has 1 aromatic heterocycles. The third-order valence-electron chi connectivity index (χ3n) is 5.71. The molecule has 2 aromatic carbocycles. The van der Waals surface area contributed by atoms with Crippen LogP contribution in [-0.2, 0) is 4.79 Å². The Morgan fingerprint density at radius 3 is 2.70 bits per heavy atom. The van der Waals surface area contributed by atoms with Gasteiger partial charge in [0.1, 0.15) is 17.4 Å². The Kier molecular flexibility index (Phi) is 6.65. The van der Waals surface area contributed by atoms with Gasteiger partial charge in [0.25, 0.3) is 5.56 Å². The summed E-state index contributed by atoms with van der Waals surface area (Å²) in [5.74, 6) is 0.301. The molecule has 0 radical (unpaired) electrons. The summed E-state index contributed by atoms with van der Waals surface area (Å²) < 4.78 is 19.9. The van der Waals surface area contributed by atoms with Gasteiger partial charge >= 0.3 is 0 Å². The van der Waals surface area contributed by atoms with E-state index in [9.17, 15) is 14.0 Å². The highest BCUT2D eigenvalue weighted by molar-refractivity contribution is 6.31. The maximum Gasteiger partial charge on any atom is 0.271 e. The Hall–Kier alpha value is -3.39. The second kappa shape index (κ2) is 9.62. The van der Waals surface area contributed by atoms with E-state index >= 15 is 0 Å². The monoisotopic (exact) mass is 470 g/mol. The molecule has 0 saturated carbocycles. The van der Waals surface area contributed by atoms with Gasteiger partial charge in [0.05, 0.1) is 24.4 Å². The van der Waals surface area contributed by atoms with Crippen molar-refractivity contribution in [3.8, 4) is 11.4 Å². The lowest BCUT2D eigenvalue weighted by atomic mass is 9.97. The first-order valence-electron chi connectivity index (χ1n) is 10.6. The lowest BCUT2D eigenvalue weighted by molar-refractivity contribution is -0.120. The first-order chi connectivity index (χ1) is 15.9. The molecule has 1 fully saturated rings. The van der Waals surface area contributed by atoms with E-state index in [1.807, 2.05) is 11.8 Å². The first-order valence-corrected chi connectivity index (χ1v) is 11.0. The van der Waals surface area contributed by atoms with E-state index in [0.717, 1.165) is 18.4 Å². The number of amides is 1. The number of rotatable bonds is 5. The number of piperidine rings is 1. The molecule has 172 valence electrons. The Morgan fingerprint density at radius 1 is 1.21 bits per heavy atom. The normalized spacial score (nSPS) is 15.9. The molecular weight excluding hydrogens is 447 g/mol. The Balaban J connectivity index is 1.53. The number of carbonyl (C=O) groups is 1. The number of aryl methyl sites for hydroxylation is 1. The molecule has 0 unspecified atom stereocenters. The number of nitrogens with zero attached hydrogens (tertiary/aromatic N) is 3. The van der Waals surface area contributed by atoms with E-state index < -0.39 is 0 Å². The smallest absolute Gasteiger partial charge is 0.271 e. The first kappa shape index (κ1) is 22.8. The van der Waals surface area contributed by atoms with E-state index in [1.54, 1.807) is 18.2 Å². The van der Waals surface area contributed by atoms with Crippen LogP contribution in [0.4, 0.5) is 15.9 Å². The number of carbonyl (C=O) groups excluding carboxylic acids is 1. The topological polar surface area (TPSA) is 76.5 Å². The largest absolute Gasteiger partial charge is 0.495 e. The van der Waals surface area contributed by atoms with E-state index in [1.165, 1.54) is 42.1 Å². The van der Waals surface area contributed by atoms with Crippen molar-refractivity contribution in [3.05, 3.63) is 75.3 Å². The molecule has 0 aliphatic carbocycles. The Bertz CT molecular complexity index is 1230. The van der Waals surface area contributed by atoms with Gasteiger partial charge in [0.15, 0.2) is 0 Å². The van der Waals surface area contributed by atoms with Gasteiger partial charge in [-0.2, -0.15) is 4.68 Å². The van der Waals surface area contributed by atoms with Crippen molar-refractivity contribution in [2.45, 2.75) is 19.8 Å². The van der Waals surface area contributed by atoms with Crippen molar-refractivity contribution >= 4 is 29.0 Å². The lowest BCUT2D eigenvalue weighted by Gasteiger charge is -2.33. The van der Waals surface area contributed by atoms with Crippen LogP contribution in [0.25, 0.3) is 5.69 Å². The fourth-order valence-corrected chi connectivity index (χ4v) is 4.05. The van der Waals surface area contributed by atoms with Gasteiger partial charge in [-0.15, -0.1) is 5.10 Å². The number of halogens is 2. The highest BCUT2D eigenvalue weighted by atomic mass is 35.5. The maximum absolute atomic E-state index is 13.3. The molecule has 7 nitrogen and oxygen atoms in total. The Morgan fingerprint density at radius 2 is 1.97 bits per heavy atom. The van der Waals surface area contributed by atoms with Crippen molar-refractivity contribution in [2.75, 3.05) is 30.4 Å². The summed E-state index contributed by atoms with van der Waals surface area (Å²) in [6.07, 6.45) is 1.53. The van der Waals surface area contributed by atoms with Gasteiger partial charge in [-0.3, -0.25) is 9.59 Å². The van der Waals surface area contributed by atoms with Crippen molar-refractivity contribution in [3.63, 3.8) is 0 Å². The van der Waals surface area contributed by atoms with Gasteiger partial charge < -0.3 is 15.0 Å². The maximum atomic E-state index is 13.3. The molecule has 4 rings (SSSR count). The minimum Gasteiger partial charge on any atom is -0.495 e. The predicted molar refractivity (Wildman–Crippen MR) is 126 cm³/mol. The summed E-state index contributed by atoms with van der Waals surface area (Å²) in [7, 11) is 1.53. The molecule has 2 heterocycles. The molecule has 1 atom stereocenters. The molecule has 1 amide bonds. The second-order valence-corrected chi connectivity index (χ2v) is 8.40. The summed E-state index contributed by atoms with van der Waals surface area (Å²) in [5.41, 5.74) is 1.57. The van der Waals surface area contributed by atoms with Crippen molar-refractivity contribution in [2.24, 2.45) is 5.92 Å². The molecule has 1 N–H and O–H groups in total. The van der Waals surface area contributed by atoms with Crippen LogP contribution in [0.5, 0.6) is 5.75 Å². The van der Waals surface area contributed by atoms with Crippen LogP contribution in [0.2, 0.25) is 5.02 Å². The van der Waals surface area contributed by atoms with Crippen LogP contribution in [0.15, 0.2) is 53.3 Å². The second-order valence-electron chi connectivity index (χ2n) is 7.99. The molecule has 0 bridgehead atoms. The number of benzene rings is 2. The van der Waals surface area contributed by atoms with Crippen molar-refractivity contribution in [1.29, 1.82) is 0 Å². The Labute approximate surface area is 195 Å². The fraction of sp³-hybridized carbons (Fsp3) is 0.292. The number of methoxy groups -OCH3 is 1. The number of hydrogen-bond donors (Lipinski definition) is 1. The van der Waals surface area contributed by atoms with Gasteiger partial charge in [0, 0.05) is 30.2 Å². The van der Waals surface area contributed by atoms with Gasteiger partial charge in [0.2, 0.25) is 5.91 Å². The molecule has 1 aliphatic rings. The quantitative estimate of drug-likeness (QED) is 0.605. The van der Waals surface area contributed by atoms with Gasteiger partial charge in [-0.05, 0) is 61.7 Å². The van der Waals surface area contributed by atoms with Crippen LogP contribution in [-0.4, -0.2) is 35.9 Å². The standard InChI is InChI=1S/C24H24ClFN4O3/c1-15-12-20(21(33-2)13-19(15)25)27-24(32)16-4-3-11-29(14-16)22-9-10-23(31)30(28-22)18-7-5-17(26)6-8-18/h5-10,12-13,16H,3-4,11,14H2,1-2H3,(H,27,32)/t16-/m1/s1. The predicted octanol–water partition coefficient (Wildman–Crippen LogP) is 4.20. The SMILES string of the molecule is COc1cc(Cl)c(C)cc1NC(=O)[C@@H]1CCCN(c2ccc(=O)n(-c3ccc(F)cc3)n2)C1. The number of ether oxygens (including phenoxy) is 1. The summed E-state index contributed by atoms with van der Waals surface area (Å²) in [6.45, 7) is 3.03. The van der Waals surface area contributed by atoms with E-state index in [2.05, 4.69) is 10.4 Å². The zero-order valence-electron chi connectivity index (χ0n) is 18.3. The fourth-order valence-electron chi connectivity index (χ4n) is 3.90. The van der Waals surface area contributed by atoms with Crippen molar-refractivity contribution in [1.82, 2.24) is 9.78 Å². The molecule has 1 saturated heterocycles. The highest BCUT2D eigenvalue weighted by Gasteiger charge is 2.27. The molecule has 33 heavy (non-hydrogen) atoms. The van der Waals surface area contributed by atoms with Gasteiger partial charge in [-0.25, -0.2) is 4.39 Å². The third kappa shape index (κ3) is 5.01. The highest BCUT2D eigenvalue weighted by Crippen LogP contribution is 2.32. The zero-order chi connectivity index (χ0) is 23.5. The molecule has 3 aromatic rings. The summed E-state index contributed by atoms with van der Waals surface area (Å²) in [5, 5.41) is 7.99. The molecule has 0 spiro atoms. The number of nitrogens with one attached hydrogen (secondary N) is 1. The van der Waals surface area contributed by atoms with E-state index in [4.69, 9.17) is 16.3 Å². The number of aromatic nitrogens is 2. The van der Waals surface area contributed by atoms with Crippen LogP contribution >= 0.6 is 11.6 Å². The summed E-state index contributed by atoms with van der Waals surface area (Å²) in [6, 6.07) is 12.1. The zero-order valence-corrected chi connectivity index (χ0v) is 19.1. The van der Waals surface area contributed by atoms with E-state index in [-0.39, 0.29) is 23.2 Å². The van der Waals surface area contributed by atoms with E-state index in [0.29, 0.717) is 41.1 Å². The lowest BCUT2D eigenvalue weighted by Crippen LogP contribution is -2.41. The van der Waals surface area contributed by atoms with Crippen LogP contribution in [0.1, 0.15) is 18.4 Å². The summed E-state index contributed by atoms with van der Waals surface area (Å²) >= 11 is 6.16. The van der Waals surface area contributed by atoms with Gasteiger partial charge in [-0.1, -0.05) is 11.6 Å². The molecule has 1 aliphatic heterocycles. The molecular formula is C24H24ClFN4O3. The number of anilines is 2. The van der Waals surface area contributed by atoms with Crippen LogP contribution in [0, 0.1) is 18.7 Å². The minimum atomic E-state index is -0.389. The van der Waals surface area contributed by atoms with Crippen LogP contribution < -0.4 is 20.5 Å². The minimum absolute atomic E-state index is 0.119. The van der Waals surface area contributed by atoms with Crippen LogP contribution in [0.3, 0.4) is 0 Å². The number of hydrogen-bond acceptors (Lipinski definition) is 5. The average molecular weight is 471 g/mol. The molecule has 9 heteroatoms. The third-order valence-corrected chi connectivity index (χ3v) is 6.12.